The van der Waals surface area contributed by atoms with Crippen LogP contribution in [-0.2, 0) is 26.0 Å². The van der Waals surface area contributed by atoms with Crippen LogP contribution in [0.5, 0.6) is 0 Å². The molecule has 1 fully saturated rings. The van der Waals surface area contributed by atoms with Crippen molar-refractivity contribution >= 4 is 21.8 Å². The summed E-state index contributed by atoms with van der Waals surface area (Å²) >= 11 is 0. The van der Waals surface area contributed by atoms with Gasteiger partial charge in [0.05, 0.1) is 4.90 Å². The molecule has 1 heterocycles. The molecule has 1 saturated heterocycles. The van der Waals surface area contributed by atoms with E-state index in [0.29, 0.717) is 13.0 Å². The first-order chi connectivity index (χ1) is 11.3. The predicted molar refractivity (Wildman–Crippen MR) is 89.8 cm³/mol. The molecule has 1 aromatic carbocycles. The van der Waals surface area contributed by atoms with E-state index in [-0.39, 0.29) is 29.8 Å². The number of hydrogen-bond donors (Lipinski definition) is 2. The number of amides is 2. The summed E-state index contributed by atoms with van der Waals surface area (Å²) in [7, 11) is -3.58. The van der Waals surface area contributed by atoms with Crippen molar-refractivity contribution in [2.45, 2.75) is 37.6 Å². The van der Waals surface area contributed by atoms with E-state index in [2.05, 4.69) is 10.0 Å². The number of nitrogens with zero attached hydrogens (tertiary/aromatic N) is 1. The molecule has 1 aliphatic heterocycles. The number of likely N-dealkylation sites (tertiary alicyclic amines) is 1. The van der Waals surface area contributed by atoms with Gasteiger partial charge < -0.3 is 10.2 Å². The Morgan fingerprint density at radius 1 is 1.29 bits per heavy atom. The second-order valence-corrected chi connectivity index (χ2v) is 7.53. The third-order valence-corrected chi connectivity index (χ3v) is 5.47. The van der Waals surface area contributed by atoms with Crippen LogP contribution in [-0.4, -0.2) is 50.8 Å². The molecule has 0 aromatic heterocycles. The zero-order chi connectivity index (χ0) is 17.7. The lowest BCUT2D eigenvalue weighted by Crippen LogP contribution is -2.42. The Labute approximate surface area is 142 Å². The summed E-state index contributed by atoms with van der Waals surface area (Å²) in [5.74, 6) is -0.414. The van der Waals surface area contributed by atoms with Crippen molar-refractivity contribution in [1.29, 1.82) is 0 Å². The van der Waals surface area contributed by atoms with Crippen LogP contribution >= 0.6 is 0 Å². The normalized spacial score (nSPS) is 18.0. The first kappa shape index (κ1) is 18.4. The lowest BCUT2D eigenvalue weighted by atomic mass is 10.2. The standard InChI is InChI=1S/C16H23N3O4S/c1-3-13-4-6-14(7-5-13)24(22,23)17-9-11-19-10-8-15(16(19)21)18-12(2)20/h4-7,15,17H,3,8-11H2,1-2H3,(H,18,20). The quantitative estimate of drug-likeness (QED) is 0.735. The zero-order valence-corrected chi connectivity index (χ0v) is 14.7. The van der Waals surface area contributed by atoms with Crippen LogP contribution in [0.1, 0.15) is 25.8 Å². The Balaban J connectivity index is 1.87. The average molecular weight is 353 g/mol. The molecule has 2 rings (SSSR count). The summed E-state index contributed by atoms with van der Waals surface area (Å²) in [6, 6.07) is 6.23. The van der Waals surface area contributed by atoms with E-state index in [9.17, 15) is 18.0 Å². The largest absolute Gasteiger partial charge is 0.344 e. The molecule has 8 heteroatoms. The second-order valence-electron chi connectivity index (χ2n) is 5.76. The maximum absolute atomic E-state index is 12.2. The minimum Gasteiger partial charge on any atom is -0.344 e. The van der Waals surface area contributed by atoms with E-state index in [1.165, 1.54) is 6.92 Å². The van der Waals surface area contributed by atoms with Crippen LogP contribution in [0, 0.1) is 0 Å². The van der Waals surface area contributed by atoms with Crippen LogP contribution in [0.2, 0.25) is 0 Å². The number of aryl methyl sites for hydroxylation is 1. The Kier molecular flexibility index (Phi) is 5.95. The Morgan fingerprint density at radius 2 is 1.96 bits per heavy atom. The molecule has 0 bridgehead atoms. The number of carbonyl (C=O) groups excluding carboxylic acids is 2. The number of nitrogens with one attached hydrogen (secondary N) is 2. The zero-order valence-electron chi connectivity index (χ0n) is 13.9. The SMILES string of the molecule is CCc1ccc(S(=O)(=O)NCCN2CCC(NC(C)=O)C2=O)cc1. The van der Waals surface area contributed by atoms with Crippen molar-refractivity contribution in [2.24, 2.45) is 0 Å². The van der Waals surface area contributed by atoms with Crippen LogP contribution in [0.4, 0.5) is 0 Å². The van der Waals surface area contributed by atoms with E-state index in [1.54, 1.807) is 29.2 Å². The molecule has 0 saturated carbocycles. The summed E-state index contributed by atoms with van der Waals surface area (Å²) in [6.07, 6.45) is 1.39. The van der Waals surface area contributed by atoms with Gasteiger partial charge in [0.25, 0.3) is 0 Å². The van der Waals surface area contributed by atoms with Crippen LogP contribution in [0.25, 0.3) is 0 Å². The topological polar surface area (TPSA) is 95.6 Å². The van der Waals surface area contributed by atoms with Gasteiger partial charge in [-0.2, -0.15) is 0 Å². The highest BCUT2D eigenvalue weighted by atomic mass is 32.2. The first-order valence-corrected chi connectivity index (χ1v) is 9.46. The molecule has 2 N–H and O–H groups in total. The minimum atomic E-state index is -3.58. The molecule has 0 radical (unpaired) electrons. The van der Waals surface area contributed by atoms with E-state index in [4.69, 9.17) is 0 Å². The summed E-state index contributed by atoms with van der Waals surface area (Å²) in [5, 5.41) is 2.60. The molecule has 1 unspecified atom stereocenters. The van der Waals surface area contributed by atoms with Gasteiger partial charge >= 0.3 is 0 Å². The van der Waals surface area contributed by atoms with E-state index >= 15 is 0 Å². The fourth-order valence-electron chi connectivity index (χ4n) is 2.64. The third kappa shape index (κ3) is 4.55. The van der Waals surface area contributed by atoms with Crippen molar-refractivity contribution < 1.29 is 18.0 Å². The van der Waals surface area contributed by atoms with Crippen molar-refractivity contribution in [2.75, 3.05) is 19.6 Å². The Hall–Kier alpha value is -1.93. The molecular formula is C16H23N3O4S. The number of carbonyl (C=O) groups is 2. The molecule has 1 atom stereocenters. The highest BCUT2D eigenvalue weighted by Gasteiger charge is 2.31. The smallest absolute Gasteiger partial charge is 0.245 e. The minimum absolute atomic E-state index is 0.135. The van der Waals surface area contributed by atoms with Gasteiger partial charge in [-0.05, 0) is 30.5 Å². The molecule has 132 valence electrons. The van der Waals surface area contributed by atoms with Gasteiger partial charge in [-0.1, -0.05) is 19.1 Å². The van der Waals surface area contributed by atoms with E-state index < -0.39 is 16.1 Å². The van der Waals surface area contributed by atoms with Gasteiger partial charge in [0.15, 0.2) is 0 Å². The lowest BCUT2D eigenvalue weighted by Gasteiger charge is -2.17. The van der Waals surface area contributed by atoms with Crippen molar-refractivity contribution in [3.8, 4) is 0 Å². The van der Waals surface area contributed by atoms with Gasteiger partial charge in [0, 0.05) is 26.6 Å². The first-order valence-electron chi connectivity index (χ1n) is 7.98. The molecule has 7 nitrogen and oxygen atoms in total. The summed E-state index contributed by atoms with van der Waals surface area (Å²) in [6.45, 7) is 4.30. The monoisotopic (exact) mass is 353 g/mol. The molecular weight excluding hydrogens is 330 g/mol. The van der Waals surface area contributed by atoms with Gasteiger partial charge in [-0.25, -0.2) is 13.1 Å². The molecule has 1 aliphatic rings. The third-order valence-electron chi connectivity index (χ3n) is 3.99. The summed E-state index contributed by atoms with van der Waals surface area (Å²) < 4.78 is 27.0. The number of hydrogen-bond acceptors (Lipinski definition) is 4. The maximum Gasteiger partial charge on any atom is 0.245 e. The van der Waals surface area contributed by atoms with Gasteiger partial charge in [-0.15, -0.1) is 0 Å². The van der Waals surface area contributed by atoms with E-state index in [0.717, 1.165) is 12.0 Å². The fourth-order valence-corrected chi connectivity index (χ4v) is 3.66. The lowest BCUT2D eigenvalue weighted by molar-refractivity contribution is -0.132. The molecule has 1 aromatic rings. The highest BCUT2D eigenvalue weighted by Crippen LogP contribution is 2.12. The highest BCUT2D eigenvalue weighted by molar-refractivity contribution is 7.89. The summed E-state index contributed by atoms with van der Waals surface area (Å²) in [4.78, 5) is 24.9. The van der Waals surface area contributed by atoms with Crippen molar-refractivity contribution in [3.63, 3.8) is 0 Å². The van der Waals surface area contributed by atoms with Crippen molar-refractivity contribution in [3.05, 3.63) is 29.8 Å². The molecule has 0 aliphatic carbocycles. The van der Waals surface area contributed by atoms with Gasteiger partial charge in [0.1, 0.15) is 6.04 Å². The summed E-state index contributed by atoms with van der Waals surface area (Å²) in [5.41, 5.74) is 1.07. The van der Waals surface area contributed by atoms with Crippen LogP contribution in [0.15, 0.2) is 29.2 Å². The number of rotatable bonds is 7. The van der Waals surface area contributed by atoms with Crippen molar-refractivity contribution in [1.82, 2.24) is 14.9 Å². The van der Waals surface area contributed by atoms with Gasteiger partial charge in [0.2, 0.25) is 21.8 Å². The van der Waals surface area contributed by atoms with Gasteiger partial charge in [-0.3, -0.25) is 9.59 Å². The second kappa shape index (κ2) is 7.76. The Morgan fingerprint density at radius 3 is 2.54 bits per heavy atom. The number of sulfonamides is 1. The average Bonchev–Trinajstić information content (AvgIpc) is 2.87. The predicted octanol–water partition coefficient (Wildman–Crippen LogP) is 0.264. The van der Waals surface area contributed by atoms with E-state index in [1.807, 2.05) is 6.92 Å². The Bertz CT molecular complexity index is 701. The molecule has 2 amide bonds. The molecule has 0 spiro atoms. The molecule has 24 heavy (non-hydrogen) atoms. The van der Waals surface area contributed by atoms with Crippen LogP contribution < -0.4 is 10.0 Å². The fraction of sp³-hybridized carbons (Fsp3) is 0.500. The van der Waals surface area contributed by atoms with Crippen LogP contribution in [0.3, 0.4) is 0 Å². The maximum atomic E-state index is 12.2. The number of benzene rings is 1.